The van der Waals surface area contributed by atoms with E-state index in [0.29, 0.717) is 0 Å². The largest absolute Gasteiger partial charge is 0.310 e. The van der Waals surface area contributed by atoms with Crippen LogP contribution in [0.5, 0.6) is 0 Å². The molecule has 2 heterocycles. The Morgan fingerprint density at radius 3 is 2.10 bits per heavy atom. The maximum absolute atomic E-state index is 2.48. The van der Waals surface area contributed by atoms with Gasteiger partial charge in [-0.1, -0.05) is 133 Å². The molecule has 0 radical (unpaired) electrons. The standard InChI is InChI=1S/C46H32N2/c1-2-16-34(17-3-1)47(43-26-11-14-31-13-4-5-21-38(31)43)35-18-10-15-32(29-35)36-19-6-7-20-37(36)33-27-28-40-42-24-12-23-41-39-22-8-9-25-44(39)48(46(41)42)45(40)30-33/h1-18,20-30,36H,19H2. The van der Waals surface area contributed by atoms with Gasteiger partial charge in [0.1, 0.15) is 0 Å². The molecule has 0 bridgehead atoms. The van der Waals surface area contributed by atoms with E-state index in [4.69, 9.17) is 0 Å². The van der Waals surface area contributed by atoms with Crippen LogP contribution in [0.4, 0.5) is 17.1 Å². The average molecular weight is 613 g/mol. The second-order valence-corrected chi connectivity index (χ2v) is 12.9. The van der Waals surface area contributed by atoms with Crippen molar-refractivity contribution >= 4 is 71.5 Å². The second kappa shape index (κ2) is 10.7. The first kappa shape index (κ1) is 27.0. The summed E-state index contributed by atoms with van der Waals surface area (Å²) in [7, 11) is 0. The zero-order valence-electron chi connectivity index (χ0n) is 26.4. The van der Waals surface area contributed by atoms with Crippen LogP contribution < -0.4 is 4.90 Å². The first-order valence-corrected chi connectivity index (χ1v) is 16.8. The summed E-state index contributed by atoms with van der Waals surface area (Å²) in [6.07, 6.45) is 7.83. The molecule has 2 aromatic heterocycles. The normalized spacial score (nSPS) is 14.8. The van der Waals surface area contributed by atoms with Crippen molar-refractivity contribution in [2.75, 3.05) is 4.90 Å². The lowest BCUT2D eigenvalue weighted by atomic mass is 9.81. The van der Waals surface area contributed by atoms with Gasteiger partial charge in [0.25, 0.3) is 0 Å². The number of hydrogen-bond donors (Lipinski definition) is 0. The Kier molecular flexibility index (Phi) is 6.04. The summed E-state index contributed by atoms with van der Waals surface area (Å²) in [4.78, 5) is 2.41. The molecule has 1 aliphatic carbocycles. The van der Waals surface area contributed by atoms with Gasteiger partial charge in [-0.2, -0.15) is 0 Å². The van der Waals surface area contributed by atoms with Crippen LogP contribution in [0.25, 0.3) is 54.4 Å². The molecule has 48 heavy (non-hydrogen) atoms. The lowest BCUT2D eigenvalue weighted by Gasteiger charge is -2.29. The SMILES string of the molecule is C1=CCC(c2cccc(N(c3ccccc3)c3cccc4ccccc34)c2)C(c2ccc3c4cccc5c6ccccc6n(c3c2)c54)=C1. The Balaban J connectivity index is 1.12. The fraction of sp³-hybridized carbons (Fsp3) is 0.0435. The lowest BCUT2D eigenvalue weighted by Crippen LogP contribution is -2.11. The molecule has 10 rings (SSSR count). The van der Waals surface area contributed by atoms with E-state index in [1.54, 1.807) is 0 Å². The smallest absolute Gasteiger partial charge is 0.0620 e. The molecule has 0 amide bonds. The Labute approximate surface area is 279 Å². The molecule has 2 nitrogen and oxygen atoms in total. The predicted octanol–water partition coefficient (Wildman–Crippen LogP) is 12.6. The van der Waals surface area contributed by atoms with Crippen molar-refractivity contribution in [3.05, 3.63) is 187 Å². The molecule has 1 aliphatic rings. The Bertz CT molecular complexity index is 2710. The fourth-order valence-corrected chi connectivity index (χ4v) is 8.14. The van der Waals surface area contributed by atoms with Crippen LogP contribution >= 0.6 is 0 Å². The third-order valence-corrected chi connectivity index (χ3v) is 10.3. The van der Waals surface area contributed by atoms with Gasteiger partial charge < -0.3 is 9.30 Å². The number of allylic oxidation sites excluding steroid dienone is 4. The molecule has 9 aromatic rings. The van der Waals surface area contributed by atoms with E-state index in [-0.39, 0.29) is 5.92 Å². The number of rotatable bonds is 5. The van der Waals surface area contributed by atoms with E-state index in [9.17, 15) is 0 Å². The molecule has 0 spiro atoms. The second-order valence-electron chi connectivity index (χ2n) is 12.9. The van der Waals surface area contributed by atoms with Gasteiger partial charge in [0.2, 0.25) is 0 Å². The molecule has 0 fully saturated rings. The number of para-hydroxylation sites is 3. The third kappa shape index (κ3) is 4.06. The molecule has 1 atom stereocenters. The zero-order valence-corrected chi connectivity index (χ0v) is 26.4. The van der Waals surface area contributed by atoms with E-state index in [1.165, 1.54) is 71.3 Å². The van der Waals surface area contributed by atoms with E-state index in [2.05, 4.69) is 185 Å². The molecule has 0 saturated carbocycles. The van der Waals surface area contributed by atoms with Crippen LogP contribution in [0.1, 0.15) is 23.5 Å². The van der Waals surface area contributed by atoms with Gasteiger partial charge in [-0.25, -0.2) is 0 Å². The summed E-state index contributed by atoms with van der Waals surface area (Å²) in [6, 6.07) is 57.8. The number of benzene rings is 7. The highest BCUT2D eigenvalue weighted by atomic mass is 15.1. The monoisotopic (exact) mass is 612 g/mol. The summed E-state index contributed by atoms with van der Waals surface area (Å²) in [6.45, 7) is 0. The summed E-state index contributed by atoms with van der Waals surface area (Å²) in [5.41, 5.74) is 11.3. The average Bonchev–Trinajstić information content (AvgIpc) is 3.68. The molecule has 0 N–H and O–H groups in total. The van der Waals surface area contributed by atoms with Crippen molar-refractivity contribution in [2.24, 2.45) is 0 Å². The molecule has 7 aromatic carbocycles. The maximum Gasteiger partial charge on any atom is 0.0620 e. The molecule has 0 saturated heterocycles. The predicted molar refractivity (Wildman–Crippen MR) is 204 cm³/mol. The molecule has 1 unspecified atom stereocenters. The van der Waals surface area contributed by atoms with Crippen molar-refractivity contribution in [3.63, 3.8) is 0 Å². The van der Waals surface area contributed by atoms with Crippen LogP contribution in [0.2, 0.25) is 0 Å². The van der Waals surface area contributed by atoms with Crippen LogP contribution in [-0.2, 0) is 0 Å². The minimum absolute atomic E-state index is 0.239. The summed E-state index contributed by atoms with van der Waals surface area (Å²) in [5.74, 6) is 0.239. The number of nitrogens with zero attached hydrogens (tertiary/aromatic N) is 2. The van der Waals surface area contributed by atoms with Gasteiger partial charge in [0.15, 0.2) is 0 Å². The van der Waals surface area contributed by atoms with Gasteiger partial charge in [-0.3, -0.25) is 0 Å². The number of aromatic nitrogens is 1. The van der Waals surface area contributed by atoms with Gasteiger partial charge in [-0.05, 0) is 71.0 Å². The van der Waals surface area contributed by atoms with Crippen molar-refractivity contribution < 1.29 is 0 Å². The third-order valence-electron chi connectivity index (χ3n) is 10.3. The van der Waals surface area contributed by atoms with E-state index in [1.807, 2.05) is 0 Å². The lowest BCUT2D eigenvalue weighted by molar-refractivity contribution is 0.874. The first-order chi connectivity index (χ1) is 23.8. The number of anilines is 3. The van der Waals surface area contributed by atoms with Crippen molar-refractivity contribution in [2.45, 2.75) is 12.3 Å². The first-order valence-electron chi connectivity index (χ1n) is 16.8. The Morgan fingerprint density at radius 1 is 0.521 bits per heavy atom. The maximum atomic E-state index is 2.48. The highest BCUT2D eigenvalue weighted by molar-refractivity contribution is 6.23. The molecular formula is C46H32N2. The Morgan fingerprint density at radius 2 is 1.21 bits per heavy atom. The molecule has 226 valence electrons. The highest BCUT2D eigenvalue weighted by Gasteiger charge is 2.23. The quantitative estimate of drug-likeness (QED) is 0.188. The molecule has 2 heteroatoms. The minimum atomic E-state index is 0.239. The van der Waals surface area contributed by atoms with Crippen molar-refractivity contribution in [1.29, 1.82) is 0 Å². The topological polar surface area (TPSA) is 7.65 Å². The number of fused-ring (bicyclic) bond motifs is 7. The van der Waals surface area contributed by atoms with E-state index < -0.39 is 0 Å². The summed E-state index contributed by atoms with van der Waals surface area (Å²) in [5, 5.41) is 7.74. The van der Waals surface area contributed by atoms with Gasteiger partial charge in [0, 0.05) is 44.2 Å². The minimum Gasteiger partial charge on any atom is -0.310 e. The van der Waals surface area contributed by atoms with Crippen LogP contribution in [0.15, 0.2) is 176 Å². The van der Waals surface area contributed by atoms with Crippen molar-refractivity contribution in [3.8, 4) is 0 Å². The van der Waals surface area contributed by atoms with Gasteiger partial charge >= 0.3 is 0 Å². The summed E-state index contributed by atoms with van der Waals surface area (Å²) >= 11 is 0. The van der Waals surface area contributed by atoms with Crippen LogP contribution in [0.3, 0.4) is 0 Å². The Hall–Kier alpha value is -6.12. The zero-order chi connectivity index (χ0) is 31.6. The van der Waals surface area contributed by atoms with Gasteiger partial charge in [-0.15, -0.1) is 0 Å². The van der Waals surface area contributed by atoms with E-state index >= 15 is 0 Å². The van der Waals surface area contributed by atoms with Gasteiger partial charge in [0.05, 0.1) is 22.2 Å². The van der Waals surface area contributed by atoms with Crippen LogP contribution in [-0.4, -0.2) is 4.40 Å². The molecular weight excluding hydrogens is 581 g/mol. The van der Waals surface area contributed by atoms with Crippen LogP contribution in [0, 0.1) is 0 Å². The fourth-order valence-electron chi connectivity index (χ4n) is 8.14. The van der Waals surface area contributed by atoms with Crippen molar-refractivity contribution in [1.82, 2.24) is 4.40 Å². The number of hydrogen-bond acceptors (Lipinski definition) is 1. The van der Waals surface area contributed by atoms with E-state index in [0.717, 1.165) is 17.8 Å². The highest BCUT2D eigenvalue weighted by Crippen LogP contribution is 2.45. The molecule has 0 aliphatic heterocycles. The summed E-state index contributed by atoms with van der Waals surface area (Å²) < 4.78 is 2.48.